The fraction of sp³-hybridized carbons (Fsp3) is 0.533. The second-order valence-electron chi connectivity index (χ2n) is 4.57. The number of rotatable bonds is 8. The van der Waals surface area contributed by atoms with Gasteiger partial charge in [0, 0.05) is 11.6 Å². The first kappa shape index (κ1) is 15.8. The lowest BCUT2D eigenvalue weighted by Gasteiger charge is -2.14. The van der Waals surface area contributed by atoms with Crippen LogP contribution in [0.25, 0.3) is 0 Å². The molecule has 1 aromatic rings. The molecule has 0 aliphatic rings. The quantitative estimate of drug-likeness (QED) is 0.737. The summed E-state index contributed by atoms with van der Waals surface area (Å²) in [4.78, 5) is 11.8. The van der Waals surface area contributed by atoms with Gasteiger partial charge in [0.15, 0.2) is 6.10 Å². The van der Waals surface area contributed by atoms with Gasteiger partial charge in [0.2, 0.25) is 0 Å². The zero-order chi connectivity index (χ0) is 14.1. The maximum atomic E-state index is 11.8. The molecular formula is C15H22ClNO2. The van der Waals surface area contributed by atoms with Crippen LogP contribution in [0.2, 0.25) is 5.02 Å². The number of unbranched alkanes of at least 4 members (excludes halogenated alkanes) is 3. The Balaban J connectivity index is 2.28. The summed E-state index contributed by atoms with van der Waals surface area (Å²) < 4.78 is 5.54. The van der Waals surface area contributed by atoms with Crippen molar-refractivity contribution in [3.05, 3.63) is 29.3 Å². The van der Waals surface area contributed by atoms with Crippen LogP contribution < -0.4 is 10.1 Å². The lowest BCUT2D eigenvalue weighted by molar-refractivity contribution is -0.127. The van der Waals surface area contributed by atoms with Crippen molar-refractivity contribution in [3.63, 3.8) is 0 Å². The fourth-order valence-corrected chi connectivity index (χ4v) is 1.89. The topological polar surface area (TPSA) is 38.3 Å². The molecule has 0 saturated carbocycles. The average molecular weight is 284 g/mol. The minimum atomic E-state index is -0.510. The van der Waals surface area contributed by atoms with Gasteiger partial charge in [-0.25, -0.2) is 0 Å². The van der Waals surface area contributed by atoms with Crippen molar-refractivity contribution >= 4 is 17.5 Å². The van der Waals surface area contributed by atoms with E-state index >= 15 is 0 Å². The van der Waals surface area contributed by atoms with E-state index in [1.54, 1.807) is 31.2 Å². The average Bonchev–Trinajstić information content (AvgIpc) is 2.38. The van der Waals surface area contributed by atoms with E-state index in [-0.39, 0.29) is 5.91 Å². The molecule has 3 nitrogen and oxygen atoms in total. The first-order chi connectivity index (χ1) is 9.13. The highest BCUT2D eigenvalue weighted by molar-refractivity contribution is 6.30. The minimum absolute atomic E-state index is 0.0866. The Morgan fingerprint density at radius 1 is 1.37 bits per heavy atom. The Bertz CT molecular complexity index is 395. The lowest BCUT2D eigenvalue weighted by atomic mass is 10.2. The van der Waals surface area contributed by atoms with Crippen LogP contribution in [0.3, 0.4) is 0 Å². The van der Waals surface area contributed by atoms with Gasteiger partial charge in [-0.05, 0) is 31.5 Å². The molecule has 1 rings (SSSR count). The van der Waals surface area contributed by atoms with Crippen LogP contribution in [0, 0.1) is 0 Å². The molecule has 0 aliphatic heterocycles. The molecule has 1 aromatic carbocycles. The molecule has 0 saturated heterocycles. The van der Waals surface area contributed by atoms with Gasteiger partial charge in [-0.3, -0.25) is 4.79 Å². The van der Waals surface area contributed by atoms with Gasteiger partial charge in [-0.15, -0.1) is 0 Å². The van der Waals surface area contributed by atoms with E-state index in [9.17, 15) is 4.79 Å². The molecule has 0 heterocycles. The molecule has 1 amide bonds. The van der Waals surface area contributed by atoms with Crippen molar-refractivity contribution in [2.75, 3.05) is 6.54 Å². The Hall–Kier alpha value is -1.22. The Morgan fingerprint density at radius 2 is 2.16 bits per heavy atom. The first-order valence-corrected chi connectivity index (χ1v) is 7.21. The standard InChI is InChI=1S/C15H22ClNO2/c1-3-4-5-6-10-17-15(18)12(2)19-14-9-7-8-13(16)11-14/h7-9,11-12H,3-6,10H2,1-2H3,(H,17,18). The molecule has 0 aliphatic carbocycles. The Morgan fingerprint density at radius 3 is 2.84 bits per heavy atom. The van der Waals surface area contributed by atoms with Crippen LogP contribution in [0.1, 0.15) is 39.5 Å². The second-order valence-corrected chi connectivity index (χ2v) is 5.01. The van der Waals surface area contributed by atoms with E-state index in [1.807, 2.05) is 0 Å². The molecule has 0 fully saturated rings. The van der Waals surface area contributed by atoms with Gasteiger partial charge in [-0.1, -0.05) is 43.9 Å². The minimum Gasteiger partial charge on any atom is -0.481 e. The number of halogens is 1. The Labute approximate surface area is 120 Å². The highest BCUT2D eigenvalue weighted by Gasteiger charge is 2.13. The number of amides is 1. The van der Waals surface area contributed by atoms with Gasteiger partial charge in [0.05, 0.1) is 0 Å². The molecular weight excluding hydrogens is 262 g/mol. The maximum absolute atomic E-state index is 11.8. The van der Waals surface area contributed by atoms with Crippen molar-refractivity contribution in [3.8, 4) is 5.75 Å². The molecule has 0 radical (unpaired) electrons. The van der Waals surface area contributed by atoms with E-state index < -0.39 is 6.10 Å². The van der Waals surface area contributed by atoms with Gasteiger partial charge in [-0.2, -0.15) is 0 Å². The van der Waals surface area contributed by atoms with Crippen molar-refractivity contribution < 1.29 is 9.53 Å². The highest BCUT2D eigenvalue weighted by atomic mass is 35.5. The number of nitrogens with one attached hydrogen (secondary N) is 1. The SMILES string of the molecule is CCCCCCNC(=O)C(C)Oc1cccc(Cl)c1. The number of hydrogen-bond donors (Lipinski definition) is 1. The van der Waals surface area contributed by atoms with Crippen LogP contribution >= 0.6 is 11.6 Å². The smallest absolute Gasteiger partial charge is 0.260 e. The summed E-state index contributed by atoms with van der Waals surface area (Å²) in [5.41, 5.74) is 0. The number of carbonyl (C=O) groups is 1. The molecule has 0 bridgehead atoms. The van der Waals surface area contributed by atoms with E-state index in [2.05, 4.69) is 12.2 Å². The van der Waals surface area contributed by atoms with Crippen molar-refractivity contribution in [1.29, 1.82) is 0 Å². The van der Waals surface area contributed by atoms with E-state index in [0.29, 0.717) is 17.3 Å². The first-order valence-electron chi connectivity index (χ1n) is 6.83. The zero-order valence-electron chi connectivity index (χ0n) is 11.6. The van der Waals surface area contributed by atoms with Gasteiger partial charge >= 0.3 is 0 Å². The summed E-state index contributed by atoms with van der Waals surface area (Å²) in [5, 5.41) is 3.48. The van der Waals surface area contributed by atoms with E-state index in [0.717, 1.165) is 12.8 Å². The van der Waals surface area contributed by atoms with E-state index in [4.69, 9.17) is 16.3 Å². The van der Waals surface area contributed by atoms with Crippen molar-refractivity contribution in [2.24, 2.45) is 0 Å². The third-order valence-electron chi connectivity index (χ3n) is 2.81. The monoisotopic (exact) mass is 283 g/mol. The van der Waals surface area contributed by atoms with Crippen molar-refractivity contribution in [1.82, 2.24) is 5.32 Å². The summed E-state index contributed by atoms with van der Waals surface area (Å²) >= 11 is 5.86. The predicted molar refractivity (Wildman–Crippen MR) is 78.7 cm³/mol. The molecule has 106 valence electrons. The number of hydrogen-bond acceptors (Lipinski definition) is 2. The third kappa shape index (κ3) is 6.48. The molecule has 19 heavy (non-hydrogen) atoms. The zero-order valence-corrected chi connectivity index (χ0v) is 12.4. The van der Waals surface area contributed by atoms with Gasteiger partial charge in [0.1, 0.15) is 5.75 Å². The van der Waals surface area contributed by atoms with Gasteiger partial charge < -0.3 is 10.1 Å². The molecule has 4 heteroatoms. The summed E-state index contributed by atoms with van der Waals surface area (Å²) in [6, 6.07) is 7.06. The molecule has 0 spiro atoms. The lowest BCUT2D eigenvalue weighted by Crippen LogP contribution is -2.36. The van der Waals surface area contributed by atoms with E-state index in [1.165, 1.54) is 12.8 Å². The normalized spacial score (nSPS) is 11.9. The van der Waals surface area contributed by atoms with Crippen LogP contribution in [0.4, 0.5) is 0 Å². The highest BCUT2D eigenvalue weighted by Crippen LogP contribution is 2.18. The summed E-state index contributed by atoms with van der Waals surface area (Å²) in [6.45, 7) is 4.61. The van der Waals surface area contributed by atoms with Crippen LogP contribution in [-0.4, -0.2) is 18.6 Å². The maximum Gasteiger partial charge on any atom is 0.260 e. The molecule has 1 N–H and O–H groups in total. The van der Waals surface area contributed by atoms with Crippen LogP contribution in [-0.2, 0) is 4.79 Å². The third-order valence-corrected chi connectivity index (χ3v) is 3.04. The van der Waals surface area contributed by atoms with Crippen molar-refractivity contribution in [2.45, 2.75) is 45.6 Å². The summed E-state index contributed by atoms with van der Waals surface area (Å²) in [6.07, 6.45) is 4.07. The number of ether oxygens (including phenoxy) is 1. The predicted octanol–water partition coefficient (Wildman–Crippen LogP) is 3.80. The van der Waals surface area contributed by atoms with Crippen LogP contribution in [0.15, 0.2) is 24.3 Å². The Kier molecular flexibility index (Phi) is 7.34. The molecule has 1 atom stereocenters. The fourth-order valence-electron chi connectivity index (χ4n) is 1.71. The molecule has 1 unspecified atom stereocenters. The summed E-state index contributed by atoms with van der Waals surface area (Å²) in [5.74, 6) is 0.526. The summed E-state index contributed by atoms with van der Waals surface area (Å²) in [7, 11) is 0. The second kappa shape index (κ2) is 8.81. The van der Waals surface area contributed by atoms with Crippen LogP contribution in [0.5, 0.6) is 5.75 Å². The number of benzene rings is 1. The largest absolute Gasteiger partial charge is 0.481 e. The van der Waals surface area contributed by atoms with Gasteiger partial charge in [0.25, 0.3) is 5.91 Å². The number of carbonyl (C=O) groups excluding carboxylic acids is 1. The molecule has 0 aromatic heterocycles.